The fourth-order valence-electron chi connectivity index (χ4n) is 4.07. The first kappa shape index (κ1) is 25.2. The molecule has 0 amide bonds. The minimum atomic E-state index is -0.395. The minimum absolute atomic E-state index is 0.184. The molecule has 0 spiro atoms. The van der Waals surface area contributed by atoms with E-state index in [4.69, 9.17) is 4.74 Å². The molecule has 2 aromatic heterocycles. The Bertz CT molecular complexity index is 1290. The number of aromatic amines is 1. The Kier molecular flexibility index (Phi) is 8.17. The van der Waals surface area contributed by atoms with Crippen LogP contribution in [0.25, 0.3) is 11.8 Å². The number of H-pyrrole nitrogens is 1. The van der Waals surface area contributed by atoms with E-state index >= 15 is 0 Å². The molecule has 188 valence electrons. The average molecular weight is 490 g/mol. The first-order valence-electron chi connectivity index (χ1n) is 12.1. The second-order valence-electron chi connectivity index (χ2n) is 8.73. The summed E-state index contributed by atoms with van der Waals surface area (Å²) in [7, 11) is 0. The number of allylic oxidation sites excluding steroid dienone is 2. The number of ether oxygens (including phenoxy) is 1. The van der Waals surface area contributed by atoms with Crippen LogP contribution in [-0.4, -0.2) is 36.3 Å². The number of hydrogen-bond donors (Lipinski definition) is 3. The fourth-order valence-corrected chi connectivity index (χ4v) is 4.07. The second-order valence-corrected chi connectivity index (χ2v) is 8.73. The number of benzene rings is 1. The van der Waals surface area contributed by atoms with Crippen molar-refractivity contribution < 1.29 is 9.13 Å². The van der Waals surface area contributed by atoms with Crippen molar-refractivity contribution in [1.82, 2.24) is 9.97 Å². The Morgan fingerprint density at radius 2 is 1.86 bits per heavy atom. The summed E-state index contributed by atoms with van der Waals surface area (Å²) in [5.74, 6) is 0.128. The lowest BCUT2D eigenvalue weighted by Gasteiger charge is -2.29. The summed E-state index contributed by atoms with van der Waals surface area (Å²) >= 11 is 0. The maximum atomic E-state index is 13.2. The largest absolute Gasteiger partial charge is 0.378 e. The summed E-state index contributed by atoms with van der Waals surface area (Å²) in [6.07, 6.45) is 5.47. The molecule has 0 atom stereocenters. The monoisotopic (exact) mass is 489 g/mol. The normalized spacial score (nSPS) is 14.9. The molecule has 3 aromatic rings. The van der Waals surface area contributed by atoms with Crippen LogP contribution < -0.4 is 21.1 Å². The highest BCUT2D eigenvalue weighted by Gasteiger charge is 2.16. The minimum Gasteiger partial charge on any atom is -0.378 e. The highest BCUT2D eigenvalue weighted by atomic mass is 19.1. The molecule has 1 saturated heterocycles. The van der Waals surface area contributed by atoms with Crippen LogP contribution in [-0.2, 0) is 4.74 Å². The molecular formula is C28H32FN5O2. The molecular weight excluding hydrogens is 457 g/mol. The molecule has 1 fully saturated rings. The Morgan fingerprint density at radius 3 is 2.53 bits per heavy atom. The van der Waals surface area contributed by atoms with E-state index < -0.39 is 5.82 Å². The summed E-state index contributed by atoms with van der Waals surface area (Å²) in [6.45, 7) is 9.20. The van der Waals surface area contributed by atoms with Gasteiger partial charge in [0, 0.05) is 36.4 Å². The first-order chi connectivity index (χ1) is 17.4. The summed E-state index contributed by atoms with van der Waals surface area (Å²) < 4.78 is 18.7. The van der Waals surface area contributed by atoms with E-state index in [1.165, 1.54) is 6.07 Å². The number of anilines is 3. The van der Waals surface area contributed by atoms with Crippen molar-refractivity contribution in [2.45, 2.75) is 27.2 Å². The van der Waals surface area contributed by atoms with Crippen LogP contribution in [0, 0.1) is 5.82 Å². The van der Waals surface area contributed by atoms with Gasteiger partial charge in [-0.2, -0.15) is 0 Å². The summed E-state index contributed by atoms with van der Waals surface area (Å²) in [5, 5.41) is 6.65. The third kappa shape index (κ3) is 6.20. The van der Waals surface area contributed by atoms with Crippen LogP contribution in [0.1, 0.15) is 38.3 Å². The van der Waals surface area contributed by atoms with Crippen molar-refractivity contribution in [3.8, 4) is 0 Å². The summed E-state index contributed by atoms with van der Waals surface area (Å²) in [6, 6.07) is 13.0. The molecule has 0 radical (unpaired) electrons. The molecule has 7 nitrogen and oxygen atoms in total. The van der Waals surface area contributed by atoms with Crippen molar-refractivity contribution in [3.63, 3.8) is 0 Å². The topological polar surface area (TPSA) is 82.3 Å². The van der Waals surface area contributed by atoms with Crippen molar-refractivity contribution in [1.29, 1.82) is 0 Å². The van der Waals surface area contributed by atoms with E-state index in [0.717, 1.165) is 72.8 Å². The molecule has 0 unspecified atom stereocenters. The van der Waals surface area contributed by atoms with Gasteiger partial charge in [-0.15, -0.1) is 0 Å². The van der Waals surface area contributed by atoms with Gasteiger partial charge in [-0.25, -0.2) is 9.37 Å². The van der Waals surface area contributed by atoms with E-state index in [1.54, 1.807) is 12.3 Å². The third-order valence-electron chi connectivity index (χ3n) is 6.14. The molecule has 1 aliphatic heterocycles. The van der Waals surface area contributed by atoms with Gasteiger partial charge in [0.05, 0.1) is 30.7 Å². The highest BCUT2D eigenvalue weighted by molar-refractivity contribution is 5.83. The average Bonchev–Trinajstić information content (AvgIpc) is 2.89. The number of pyridine rings is 2. The molecule has 0 saturated carbocycles. The molecule has 4 rings (SSSR count). The van der Waals surface area contributed by atoms with E-state index in [1.807, 2.05) is 38.1 Å². The van der Waals surface area contributed by atoms with Gasteiger partial charge in [0.2, 0.25) is 0 Å². The van der Waals surface area contributed by atoms with E-state index in [9.17, 15) is 9.18 Å². The highest BCUT2D eigenvalue weighted by Crippen LogP contribution is 2.27. The van der Waals surface area contributed by atoms with Crippen LogP contribution >= 0.6 is 0 Å². The summed E-state index contributed by atoms with van der Waals surface area (Å²) in [5.41, 5.74) is 5.79. The van der Waals surface area contributed by atoms with Gasteiger partial charge in [-0.05, 0) is 79.9 Å². The Labute approximate surface area is 210 Å². The zero-order chi connectivity index (χ0) is 25.5. The number of halogens is 1. The molecule has 36 heavy (non-hydrogen) atoms. The first-order valence-corrected chi connectivity index (χ1v) is 12.1. The smallest absolute Gasteiger partial charge is 0.257 e. The number of nitrogens with one attached hydrogen (secondary N) is 3. The second kappa shape index (κ2) is 11.7. The lowest BCUT2D eigenvalue weighted by atomic mass is 10.0. The van der Waals surface area contributed by atoms with Crippen molar-refractivity contribution in [3.05, 3.63) is 93.4 Å². The number of hydrogen-bond acceptors (Lipinski definition) is 6. The van der Waals surface area contributed by atoms with E-state index in [-0.39, 0.29) is 5.56 Å². The summed E-state index contributed by atoms with van der Waals surface area (Å²) in [4.78, 5) is 22.2. The van der Waals surface area contributed by atoms with Crippen LogP contribution in [0.5, 0.6) is 0 Å². The molecule has 0 aliphatic carbocycles. The van der Waals surface area contributed by atoms with Gasteiger partial charge < -0.3 is 25.3 Å². The van der Waals surface area contributed by atoms with Crippen molar-refractivity contribution in [2.24, 2.45) is 0 Å². The fraction of sp³-hybridized carbons (Fsp3) is 0.286. The van der Waals surface area contributed by atoms with Gasteiger partial charge in [0.1, 0.15) is 11.6 Å². The van der Waals surface area contributed by atoms with Gasteiger partial charge in [-0.3, -0.25) is 4.79 Å². The number of aromatic nitrogens is 2. The molecule has 0 bridgehead atoms. The predicted molar refractivity (Wildman–Crippen MR) is 145 cm³/mol. The number of morpholine rings is 1. The van der Waals surface area contributed by atoms with Crippen LogP contribution in [0.15, 0.2) is 70.9 Å². The SMILES string of the molecule is CCC(C)=C(Nc1ccc(N2CCOCC2)cc1)c1c(/C=C(\C)Nc2ccc(F)cn2)cc[nH]c1=O. The zero-order valence-electron chi connectivity index (χ0n) is 20.9. The quantitative estimate of drug-likeness (QED) is 0.389. The van der Waals surface area contributed by atoms with Crippen LogP contribution in [0.3, 0.4) is 0 Å². The van der Waals surface area contributed by atoms with Crippen LogP contribution in [0.2, 0.25) is 0 Å². The Balaban J connectivity index is 1.63. The predicted octanol–water partition coefficient (Wildman–Crippen LogP) is 5.47. The van der Waals surface area contributed by atoms with Gasteiger partial charge in [-0.1, -0.05) is 6.92 Å². The maximum absolute atomic E-state index is 13.2. The number of nitrogens with zero attached hydrogens (tertiary/aromatic N) is 2. The van der Waals surface area contributed by atoms with Crippen LogP contribution in [0.4, 0.5) is 21.6 Å². The number of rotatable bonds is 8. The zero-order valence-corrected chi connectivity index (χ0v) is 20.9. The lowest BCUT2D eigenvalue weighted by Crippen LogP contribution is -2.36. The van der Waals surface area contributed by atoms with E-state index in [2.05, 4.69) is 44.6 Å². The lowest BCUT2D eigenvalue weighted by molar-refractivity contribution is 0.122. The standard InChI is InChI=1S/C28H32FN5O2/c1-4-19(2)27(33-23-6-8-24(9-7-23)34-13-15-36-16-14-34)26-21(11-12-30-28(26)35)17-20(3)32-25-10-5-22(29)18-31-25/h5-12,17-18,33H,4,13-16H2,1-3H3,(H,30,35)(H,31,32)/b20-17+,27-19?. The van der Waals surface area contributed by atoms with Gasteiger partial charge >= 0.3 is 0 Å². The Hall–Kier alpha value is -3.91. The molecule has 3 N–H and O–H groups in total. The van der Waals surface area contributed by atoms with Crippen molar-refractivity contribution >= 4 is 29.0 Å². The van der Waals surface area contributed by atoms with E-state index in [0.29, 0.717) is 11.4 Å². The van der Waals surface area contributed by atoms with Gasteiger partial charge in [0.25, 0.3) is 5.56 Å². The van der Waals surface area contributed by atoms with Crippen molar-refractivity contribution in [2.75, 3.05) is 41.8 Å². The molecule has 3 heterocycles. The Morgan fingerprint density at radius 1 is 1.11 bits per heavy atom. The van der Waals surface area contributed by atoms with Gasteiger partial charge in [0.15, 0.2) is 0 Å². The maximum Gasteiger partial charge on any atom is 0.257 e. The molecule has 1 aromatic carbocycles. The molecule has 8 heteroatoms. The third-order valence-corrected chi connectivity index (χ3v) is 6.14. The molecule has 1 aliphatic rings.